The largest absolute Gasteiger partial charge is 0.417 e. The second-order valence-electron chi connectivity index (χ2n) is 5.09. The van der Waals surface area contributed by atoms with Crippen LogP contribution in [0.1, 0.15) is 11.3 Å². The summed E-state index contributed by atoms with van der Waals surface area (Å²) in [5.41, 5.74) is -0.177. The molecule has 0 radical (unpaired) electrons. The van der Waals surface area contributed by atoms with Crippen LogP contribution in [0.4, 0.5) is 13.2 Å². The normalized spacial score (nSPS) is 11.9. The number of nitrogens with zero attached hydrogens (tertiary/aromatic N) is 2. The maximum absolute atomic E-state index is 12.9. The summed E-state index contributed by atoms with van der Waals surface area (Å²) in [4.78, 5) is 16.9. The smallest absolute Gasteiger partial charge is 0.269 e. The van der Waals surface area contributed by atoms with Crippen LogP contribution in [0.5, 0.6) is 0 Å². The van der Waals surface area contributed by atoms with Gasteiger partial charge in [0.1, 0.15) is 5.65 Å². The van der Waals surface area contributed by atoms with Crippen LogP contribution in [0.15, 0.2) is 56.8 Å². The second kappa shape index (κ2) is 7.01. The van der Waals surface area contributed by atoms with E-state index in [-0.39, 0.29) is 16.3 Å². The summed E-state index contributed by atoms with van der Waals surface area (Å²) in [6.45, 7) is 0. The minimum absolute atomic E-state index is 0.256. The molecule has 0 fully saturated rings. The standard InChI is InChI=1S/C16H9BrClF3N2OS/c17-9-1-4-14-22-10(5-15(24)23(14)7-9)8-25-11-2-3-13(18)12(6-11)16(19,20)21/h1-7H,8H2. The molecule has 0 aliphatic heterocycles. The number of alkyl halides is 3. The highest BCUT2D eigenvalue weighted by Gasteiger charge is 2.33. The SMILES string of the molecule is O=c1cc(CSc2ccc(Cl)c(C(F)(F)F)c2)nc2ccc(Br)cn12. The number of thioether (sulfide) groups is 1. The molecular weight excluding hydrogens is 441 g/mol. The average Bonchev–Trinajstić information content (AvgIpc) is 2.54. The van der Waals surface area contributed by atoms with E-state index in [0.717, 1.165) is 22.3 Å². The molecule has 3 rings (SSSR count). The molecular formula is C16H9BrClF3N2OS. The minimum Gasteiger partial charge on any atom is -0.269 e. The lowest BCUT2D eigenvalue weighted by molar-refractivity contribution is -0.137. The van der Waals surface area contributed by atoms with Crippen molar-refractivity contribution in [2.75, 3.05) is 0 Å². The number of hydrogen-bond acceptors (Lipinski definition) is 3. The Morgan fingerprint density at radius 1 is 1.20 bits per heavy atom. The first-order valence-electron chi connectivity index (χ1n) is 6.91. The molecule has 0 spiro atoms. The van der Waals surface area contributed by atoms with Crippen molar-refractivity contribution in [3.63, 3.8) is 0 Å². The molecule has 1 aromatic carbocycles. The Bertz CT molecular complexity index is 1010. The van der Waals surface area contributed by atoms with E-state index in [1.807, 2.05) is 0 Å². The summed E-state index contributed by atoms with van der Waals surface area (Å²) in [5, 5.41) is -0.343. The molecule has 0 N–H and O–H groups in total. The summed E-state index contributed by atoms with van der Waals surface area (Å²) < 4.78 is 40.8. The van der Waals surface area contributed by atoms with Crippen LogP contribution in [0, 0.1) is 0 Å². The van der Waals surface area contributed by atoms with Crippen LogP contribution in [-0.2, 0) is 11.9 Å². The molecule has 25 heavy (non-hydrogen) atoms. The highest BCUT2D eigenvalue weighted by Crippen LogP contribution is 2.37. The third-order valence-corrected chi connectivity index (χ3v) is 5.13. The van der Waals surface area contributed by atoms with Gasteiger partial charge in [-0.2, -0.15) is 13.2 Å². The number of rotatable bonds is 3. The molecule has 9 heteroatoms. The van der Waals surface area contributed by atoms with Gasteiger partial charge in [0.25, 0.3) is 5.56 Å². The fourth-order valence-electron chi connectivity index (χ4n) is 2.17. The predicted molar refractivity (Wildman–Crippen MR) is 95.2 cm³/mol. The third-order valence-electron chi connectivity index (χ3n) is 3.31. The number of halogens is 5. The second-order valence-corrected chi connectivity index (χ2v) is 7.46. The van der Waals surface area contributed by atoms with Crippen LogP contribution < -0.4 is 5.56 Å². The molecule has 3 aromatic rings. The monoisotopic (exact) mass is 448 g/mol. The third kappa shape index (κ3) is 4.19. The molecule has 3 nitrogen and oxygen atoms in total. The van der Waals surface area contributed by atoms with Crippen LogP contribution >= 0.6 is 39.3 Å². The molecule has 0 saturated carbocycles. The van der Waals surface area contributed by atoms with Crippen molar-refractivity contribution in [1.29, 1.82) is 0 Å². The molecule has 2 heterocycles. The van der Waals surface area contributed by atoms with Crippen molar-refractivity contribution in [1.82, 2.24) is 9.38 Å². The molecule has 2 aromatic heterocycles. The number of aromatic nitrogens is 2. The molecule has 0 atom stereocenters. The average molecular weight is 450 g/mol. The first kappa shape index (κ1) is 18.3. The van der Waals surface area contributed by atoms with Gasteiger partial charge in [0.15, 0.2) is 0 Å². The molecule has 0 amide bonds. The van der Waals surface area contributed by atoms with Gasteiger partial charge in [-0.15, -0.1) is 11.8 Å². The van der Waals surface area contributed by atoms with Gasteiger partial charge in [-0.1, -0.05) is 11.6 Å². The minimum atomic E-state index is -4.51. The van der Waals surface area contributed by atoms with Gasteiger partial charge in [-0.25, -0.2) is 4.98 Å². The lowest BCUT2D eigenvalue weighted by atomic mass is 10.2. The lowest BCUT2D eigenvalue weighted by Crippen LogP contribution is -2.15. The van der Waals surface area contributed by atoms with Crippen molar-refractivity contribution in [3.05, 3.63) is 73.7 Å². The zero-order chi connectivity index (χ0) is 18.2. The van der Waals surface area contributed by atoms with E-state index in [1.165, 1.54) is 22.6 Å². The number of benzene rings is 1. The first-order chi connectivity index (χ1) is 11.7. The van der Waals surface area contributed by atoms with Crippen molar-refractivity contribution in [2.45, 2.75) is 16.8 Å². The number of hydrogen-bond donors (Lipinski definition) is 0. The van der Waals surface area contributed by atoms with Crippen molar-refractivity contribution < 1.29 is 13.2 Å². The Hall–Kier alpha value is -1.51. The number of fused-ring (bicyclic) bond motifs is 1. The van der Waals surface area contributed by atoms with E-state index >= 15 is 0 Å². The summed E-state index contributed by atoms with van der Waals surface area (Å²) in [6, 6.07) is 8.53. The van der Waals surface area contributed by atoms with Gasteiger partial charge in [-0.3, -0.25) is 9.20 Å². The van der Waals surface area contributed by atoms with Crippen LogP contribution in [-0.4, -0.2) is 9.38 Å². The topological polar surface area (TPSA) is 34.4 Å². The Labute approximate surface area is 158 Å². The van der Waals surface area contributed by atoms with E-state index < -0.39 is 11.7 Å². The zero-order valence-corrected chi connectivity index (χ0v) is 15.5. The lowest BCUT2D eigenvalue weighted by Gasteiger charge is -2.10. The summed E-state index contributed by atoms with van der Waals surface area (Å²) in [5.74, 6) is 0.265. The summed E-state index contributed by atoms with van der Waals surface area (Å²) in [7, 11) is 0. The van der Waals surface area contributed by atoms with Gasteiger partial charge >= 0.3 is 6.18 Å². The van der Waals surface area contributed by atoms with Crippen molar-refractivity contribution >= 4 is 44.9 Å². The van der Waals surface area contributed by atoms with Gasteiger partial charge in [-0.05, 0) is 46.3 Å². The summed E-state index contributed by atoms with van der Waals surface area (Å²) in [6.07, 6.45) is -2.91. The van der Waals surface area contributed by atoms with Gasteiger partial charge in [0.05, 0.1) is 16.3 Å². The van der Waals surface area contributed by atoms with Crippen molar-refractivity contribution in [3.8, 4) is 0 Å². The maximum Gasteiger partial charge on any atom is 0.417 e. The molecule has 0 aliphatic carbocycles. The maximum atomic E-state index is 12.9. The quantitative estimate of drug-likeness (QED) is 0.501. The van der Waals surface area contributed by atoms with Gasteiger partial charge in [0.2, 0.25) is 0 Å². The fraction of sp³-hybridized carbons (Fsp3) is 0.125. The van der Waals surface area contributed by atoms with Crippen LogP contribution in [0.2, 0.25) is 5.02 Å². The van der Waals surface area contributed by atoms with Crippen LogP contribution in [0.25, 0.3) is 5.65 Å². The van der Waals surface area contributed by atoms with E-state index in [1.54, 1.807) is 18.3 Å². The fourth-order valence-corrected chi connectivity index (χ4v) is 3.56. The molecule has 0 bridgehead atoms. The molecule has 0 saturated heterocycles. The van der Waals surface area contributed by atoms with E-state index in [4.69, 9.17) is 11.6 Å². The summed E-state index contributed by atoms with van der Waals surface area (Å²) >= 11 is 10.0. The Balaban J connectivity index is 1.86. The molecule has 0 aliphatic rings. The zero-order valence-electron chi connectivity index (χ0n) is 12.3. The van der Waals surface area contributed by atoms with Gasteiger partial charge in [0, 0.05) is 27.4 Å². The first-order valence-corrected chi connectivity index (χ1v) is 9.07. The Morgan fingerprint density at radius 3 is 2.68 bits per heavy atom. The predicted octanol–water partition coefficient (Wildman–Crippen LogP) is 5.42. The number of pyridine rings is 1. The molecule has 130 valence electrons. The van der Waals surface area contributed by atoms with Gasteiger partial charge < -0.3 is 0 Å². The van der Waals surface area contributed by atoms with Crippen LogP contribution in [0.3, 0.4) is 0 Å². The van der Waals surface area contributed by atoms with E-state index in [9.17, 15) is 18.0 Å². The van der Waals surface area contributed by atoms with Crippen molar-refractivity contribution in [2.24, 2.45) is 0 Å². The van der Waals surface area contributed by atoms with E-state index in [2.05, 4.69) is 20.9 Å². The van der Waals surface area contributed by atoms with E-state index in [0.29, 0.717) is 16.2 Å². The Morgan fingerprint density at radius 2 is 1.96 bits per heavy atom. The highest BCUT2D eigenvalue weighted by molar-refractivity contribution is 9.10. The highest BCUT2D eigenvalue weighted by atomic mass is 79.9. The Kier molecular flexibility index (Phi) is 5.13. The molecule has 0 unspecified atom stereocenters.